The highest BCUT2D eigenvalue weighted by molar-refractivity contribution is 7.89. The molecule has 0 radical (unpaired) electrons. The molecular formula is C20H22N2O6S2. The number of hydrogen-bond donors (Lipinski definition) is 0. The molecule has 0 saturated carbocycles. The van der Waals surface area contributed by atoms with E-state index in [2.05, 4.69) is 0 Å². The molecule has 0 aliphatic carbocycles. The molecule has 1 fully saturated rings. The van der Waals surface area contributed by atoms with E-state index in [0.717, 1.165) is 28.2 Å². The van der Waals surface area contributed by atoms with Crippen LogP contribution in [0.15, 0.2) is 34.5 Å². The second-order valence-corrected chi connectivity index (χ2v) is 10.1. The number of thiophene rings is 1. The Morgan fingerprint density at radius 2 is 1.97 bits per heavy atom. The van der Waals surface area contributed by atoms with Crippen molar-refractivity contribution in [2.45, 2.75) is 37.3 Å². The van der Waals surface area contributed by atoms with Gasteiger partial charge in [0.05, 0.1) is 12.8 Å². The molecule has 4 rings (SSSR count). The van der Waals surface area contributed by atoms with Crippen molar-refractivity contribution < 1.29 is 27.5 Å². The Kier molecular flexibility index (Phi) is 5.56. The van der Waals surface area contributed by atoms with Crippen molar-refractivity contribution in [3.63, 3.8) is 0 Å². The molecule has 3 heterocycles. The van der Waals surface area contributed by atoms with Crippen molar-refractivity contribution in [3.05, 3.63) is 45.6 Å². The summed E-state index contributed by atoms with van der Waals surface area (Å²) in [6.45, 7) is 2.72. The normalized spacial score (nSPS) is 18.1. The number of amides is 1. The maximum absolute atomic E-state index is 13.1. The molecule has 10 heteroatoms. The predicted octanol–water partition coefficient (Wildman–Crippen LogP) is 3.15. The molecule has 0 atom stereocenters. The van der Waals surface area contributed by atoms with Gasteiger partial charge >= 0.3 is 12.1 Å². The molecule has 1 amide bonds. The van der Waals surface area contributed by atoms with E-state index in [9.17, 15) is 18.0 Å². The van der Waals surface area contributed by atoms with Crippen LogP contribution in [-0.2, 0) is 26.1 Å². The molecule has 1 aromatic carbocycles. The summed E-state index contributed by atoms with van der Waals surface area (Å²) in [4.78, 5) is 26.1. The monoisotopic (exact) mass is 450 g/mol. The SMILES string of the molecule is COC(=O)c1sccc1S(=O)(=O)N1CCC(N2C(=O)OCc3cc(C)ccc32)CC1. The molecule has 0 unspecified atom stereocenters. The molecule has 1 saturated heterocycles. The number of nitrogens with zero attached hydrogens (tertiary/aromatic N) is 2. The number of aryl methyl sites for hydroxylation is 1. The van der Waals surface area contributed by atoms with E-state index in [4.69, 9.17) is 9.47 Å². The van der Waals surface area contributed by atoms with Gasteiger partial charge in [-0.3, -0.25) is 4.90 Å². The Morgan fingerprint density at radius 1 is 1.23 bits per heavy atom. The number of carbonyl (C=O) groups excluding carboxylic acids is 2. The van der Waals surface area contributed by atoms with E-state index in [1.807, 2.05) is 25.1 Å². The highest BCUT2D eigenvalue weighted by Crippen LogP contribution is 2.34. The summed E-state index contributed by atoms with van der Waals surface area (Å²) >= 11 is 1.04. The lowest BCUT2D eigenvalue weighted by molar-refractivity contribution is 0.0602. The van der Waals surface area contributed by atoms with Gasteiger partial charge in [-0.05, 0) is 37.3 Å². The fourth-order valence-electron chi connectivity index (χ4n) is 3.94. The van der Waals surface area contributed by atoms with Crippen molar-refractivity contribution in [1.82, 2.24) is 4.31 Å². The van der Waals surface area contributed by atoms with E-state index < -0.39 is 22.1 Å². The summed E-state index contributed by atoms with van der Waals surface area (Å²) in [5, 5.41) is 1.56. The summed E-state index contributed by atoms with van der Waals surface area (Å²) in [5.74, 6) is -0.665. The van der Waals surface area contributed by atoms with Gasteiger partial charge in [0.1, 0.15) is 16.4 Å². The molecule has 2 aliphatic heterocycles. The van der Waals surface area contributed by atoms with Gasteiger partial charge in [-0.2, -0.15) is 4.31 Å². The first kappa shape index (κ1) is 20.8. The van der Waals surface area contributed by atoms with Crippen LogP contribution in [0.1, 0.15) is 33.6 Å². The zero-order valence-electron chi connectivity index (χ0n) is 16.7. The van der Waals surface area contributed by atoms with Crippen LogP contribution < -0.4 is 4.90 Å². The van der Waals surface area contributed by atoms with Crippen molar-refractivity contribution in [1.29, 1.82) is 0 Å². The third kappa shape index (κ3) is 3.59. The molecule has 0 N–H and O–H groups in total. The Morgan fingerprint density at radius 3 is 2.67 bits per heavy atom. The largest absolute Gasteiger partial charge is 0.465 e. The minimum absolute atomic E-state index is 0.0315. The lowest BCUT2D eigenvalue weighted by atomic mass is 10.0. The average molecular weight is 451 g/mol. The number of esters is 1. The molecule has 8 nitrogen and oxygen atoms in total. The topological polar surface area (TPSA) is 93.2 Å². The fourth-order valence-corrected chi connectivity index (χ4v) is 6.72. The van der Waals surface area contributed by atoms with Crippen LogP contribution in [0.3, 0.4) is 0 Å². The summed E-state index contributed by atoms with van der Waals surface area (Å²) < 4.78 is 37.6. The number of fused-ring (bicyclic) bond motifs is 1. The molecule has 2 aromatic rings. The van der Waals surface area contributed by atoms with Gasteiger partial charge in [-0.15, -0.1) is 11.3 Å². The van der Waals surface area contributed by atoms with Crippen LogP contribution in [-0.4, -0.2) is 51.0 Å². The third-order valence-corrected chi connectivity index (χ3v) is 8.41. The van der Waals surface area contributed by atoms with Crippen molar-refractivity contribution in [2.24, 2.45) is 0 Å². The summed E-state index contributed by atoms with van der Waals surface area (Å²) in [6, 6.07) is 7.14. The number of piperidine rings is 1. The maximum Gasteiger partial charge on any atom is 0.414 e. The number of carbonyl (C=O) groups is 2. The summed E-state index contributed by atoms with van der Waals surface area (Å²) in [7, 11) is -2.61. The lowest BCUT2D eigenvalue weighted by Gasteiger charge is -2.39. The van der Waals surface area contributed by atoms with E-state index in [1.165, 1.54) is 17.5 Å². The van der Waals surface area contributed by atoms with Crippen LogP contribution in [0.4, 0.5) is 10.5 Å². The number of ether oxygens (including phenoxy) is 2. The Hall–Kier alpha value is -2.43. The number of hydrogen-bond acceptors (Lipinski definition) is 7. The van der Waals surface area contributed by atoms with Gasteiger partial charge < -0.3 is 9.47 Å². The van der Waals surface area contributed by atoms with E-state index in [-0.39, 0.29) is 35.5 Å². The zero-order valence-corrected chi connectivity index (χ0v) is 18.3. The number of benzene rings is 1. The molecule has 1 aromatic heterocycles. The van der Waals surface area contributed by atoms with Crippen molar-refractivity contribution in [3.8, 4) is 0 Å². The number of rotatable bonds is 4. The molecule has 30 heavy (non-hydrogen) atoms. The average Bonchev–Trinajstić information content (AvgIpc) is 3.24. The predicted molar refractivity (Wildman–Crippen MR) is 111 cm³/mol. The number of methoxy groups -OCH3 is 1. The fraction of sp³-hybridized carbons (Fsp3) is 0.400. The third-order valence-electron chi connectivity index (χ3n) is 5.45. The first-order chi connectivity index (χ1) is 14.3. The van der Waals surface area contributed by atoms with Crippen molar-refractivity contribution in [2.75, 3.05) is 25.1 Å². The number of anilines is 1. The Balaban J connectivity index is 1.53. The van der Waals surface area contributed by atoms with Crippen LogP contribution in [0, 0.1) is 6.92 Å². The molecule has 160 valence electrons. The zero-order chi connectivity index (χ0) is 21.5. The molecular weight excluding hydrogens is 428 g/mol. The van der Waals surface area contributed by atoms with Gasteiger partial charge in [-0.25, -0.2) is 18.0 Å². The molecule has 0 bridgehead atoms. The second-order valence-electron chi connectivity index (χ2n) is 7.30. The highest BCUT2D eigenvalue weighted by atomic mass is 32.2. The van der Waals surface area contributed by atoms with Gasteiger partial charge in [0.2, 0.25) is 10.0 Å². The second kappa shape index (κ2) is 8.01. The van der Waals surface area contributed by atoms with Gasteiger partial charge in [-0.1, -0.05) is 17.7 Å². The van der Waals surface area contributed by atoms with E-state index in [1.54, 1.807) is 10.3 Å². The standard InChI is InChI=1S/C20H22N2O6S2/c1-13-3-4-16-14(11-13)12-28-20(24)22(16)15-5-8-21(9-6-15)30(25,26)17-7-10-29-18(17)19(23)27-2/h3-4,7,10-11,15H,5-6,8-9,12H2,1-2H3. The van der Waals surface area contributed by atoms with Gasteiger partial charge in [0.15, 0.2) is 0 Å². The van der Waals surface area contributed by atoms with Crippen LogP contribution in [0.25, 0.3) is 0 Å². The number of sulfonamides is 1. The van der Waals surface area contributed by atoms with Crippen LogP contribution in [0.5, 0.6) is 0 Å². The highest BCUT2D eigenvalue weighted by Gasteiger charge is 2.38. The first-order valence-electron chi connectivity index (χ1n) is 9.54. The Bertz CT molecular complexity index is 1090. The quantitative estimate of drug-likeness (QED) is 0.665. The van der Waals surface area contributed by atoms with Crippen LogP contribution >= 0.6 is 11.3 Å². The maximum atomic E-state index is 13.1. The number of cyclic esters (lactones) is 1. The minimum atomic E-state index is -3.83. The van der Waals surface area contributed by atoms with E-state index in [0.29, 0.717) is 12.8 Å². The Labute approximate surface area is 179 Å². The lowest BCUT2D eigenvalue weighted by Crippen LogP contribution is -2.50. The molecule has 2 aliphatic rings. The van der Waals surface area contributed by atoms with E-state index >= 15 is 0 Å². The minimum Gasteiger partial charge on any atom is -0.465 e. The van der Waals surface area contributed by atoms with Gasteiger partial charge in [0.25, 0.3) is 0 Å². The summed E-state index contributed by atoms with van der Waals surface area (Å²) in [6.07, 6.45) is 0.539. The molecule has 0 spiro atoms. The summed E-state index contributed by atoms with van der Waals surface area (Å²) in [5.41, 5.74) is 2.86. The smallest absolute Gasteiger partial charge is 0.414 e. The van der Waals surface area contributed by atoms with Crippen molar-refractivity contribution >= 4 is 39.1 Å². The first-order valence-corrected chi connectivity index (χ1v) is 11.9. The van der Waals surface area contributed by atoms with Gasteiger partial charge in [0, 0.05) is 24.7 Å². The van der Waals surface area contributed by atoms with Crippen LogP contribution in [0.2, 0.25) is 0 Å².